The number of aromatic nitrogens is 2. The zero-order valence-corrected chi connectivity index (χ0v) is 37.9. The van der Waals surface area contributed by atoms with Crippen LogP contribution in [0.4, 0.5) is 45.9 Å². The molecule has 6 N–H and O–H groups in total. The lowest BCUT2D eigenvalue weighted by Crippen LogP contribution is -2.53. The standard InChI is InChI=1S/C27H32FN5O3.C21H26FN5O3/c1-19(26(34)36-18-21-7-4-3-5-8-21)16-33(14-12-29)17-22-9-6-10-24(25(22)28)32-27(35)31-23-11-13-30-20(2)15-23;1-14-11-17(7-8-23-14)24-20(28)25-18-6-4-5-16(19(18)22)13-26-9-10-27(15(2)12-26)21(29)30-3/h3-11,13,15,19H,12,14,16-18,29H2,1-2H3,(H2,30,31,32,35);4-8,11,15H,9-10,12-13H2,1-3H3,(H2,23,24,25,28)/t19-;15-/m11/s1. The molecule has 16 nitrogen and oxygen atoms in total. The van der Waals surface area contributed by atoms with Crippen molar-refractivity contribution in [3.63, 3.8) is 0 Å². The van der Waals surface area contributed by atoms with E-state index in [0.717, 1.165) is 17.0 Å². The minimum Gasteiger partial charge on any atom is -0.461 e. The maximum Gasteiger partial charge on any atom is 0.409 e. The Kier molecular flexibility index (Phi) is 18.8. The van der Waals surface area contributed by atoms with Crippen molar-refractivity contribution < 1.29 is 37.4 Å². The Balaban J connectivity index is 0.000000251. The Hall–Kier alpha value is -7.02. The molecule has 5 amide bonds. The van der Waals surface area contributed by atoms with E-state index in [-0.39, 0.29) is 42.6 Å². The maximum atomic E-state index is 15.2. The van der Waals surface area contributed by atoms with Gasteiger partial charge in [-0.1, -0.05) is 61.5 Å². The third-order valence-corrected chi connectivity index (χ3v) is 10.5. The maximum absolute atomic E-state index is 15.2. The number of nitrogens with zero attached hydrogens (tertiary/aromatic N) is 5. The van der Waals surface area contributed by atoms with Crippen LogP contribution in [0.3, 0.4) is 0 Å². The van der Waals surface area contributed by atoms with E-state index in [1.807, 2.05) is 56.0 Å². The number of nitrogens with one attached hydrogen (secondary N) is 4. The molecular formula is C48H58F2N10O6. The van der Waals surface area contributed by atoms with Crippen LogP contribution in [0.15, 0.2) is 103 Å². The number of benzene rings is 3. The van der Waals surface area contributed by atoms with Crippen molar-refractivity contribution in [1.82, 2.24) is 24.7 Å². The third-order valence-electron chi connectivity index (χ3n) is 10.5. The van der Waals surface area contributed by atoms with E-state index >= 15 is 4.39 Å². The number of nitrogens with two attached hydrogens (primary N) is 1. The second-order valence-electron chi connectivity index (χ2n) is 15.9. The van der Waals surface area contributed by atoms with Crippen molar-refractivity contribution in [2.45, 2.75) is 53.4 Å². The average molecular weight is 909 g/mol. The summed E-state index contributed by atoms with van der Waals surface area (Å²) in [7, 11) is 1.36. The average Bonchev–Trinajstić information content (AvgIpc) is 3.28. The number of aryl methyl sites for hydroxylation is 2. The van der Waals surface area contributed by atoms with Gasteiger partial charge in [0.05, 0.1) is 24.4 Å². The Labute approximate surface area is 383 Å². The highest BCUT2D eigenvalue weighted by Crippen LogP contribution is 2.23. The molecule has 1 aliphatic heterocycles. The van der Waals surface area contributed by atoms with Crippen molar-refractivity contribution in [3.05, 3.63) is 143 Å². The predicted octanol–water partition coefficient (Wildman–Crippen LogP) is 7.76. The summed E-state index contributed by atoms with van der Waals surface area (Å²) in [5.41, 5.74) is 10.3. The summed E-state index contributed by atoms with van der Waals surface area (Å²) in [4.78, 5) is 62.7. The Morgan fingerprint density at radius 1 is 0.803 bits per heavy atom. The van der Waals surface area contributed by atoms with Crippen molar-refractivity contribution in [3.8, 4) is 0 Å². The Morgan fingerprint density at radius 3 is 1.92 bits per heavy atom. The zero-order valence-electron chi connectivity index (χ0n) is 37.9. The van der Waals surface area contributed by atoms with Gasteiger partial charge >= 0.3 is 24.1 Å². The molecule has 1 fully saturated rings. The van der Waals surface area contributed by atoms with E-state index in [1.54, 1.807) is 72.7 Å². The van der Waals surface area contributed by atoms with Crippen LogP contribution in [-0.4, -0.2) is 101 Å². The molecule has 0 aliphatic carbocycles. The number of ether oxygens (including phenoxy) is 2. The minimum absolute atomic E-state index is 0.0369. The first kappa shape index (κ1) is 50.0. The molecule has 3 heterocycles. The molecule has 6 rings (SSSR count). The van der Waals surface area contributed by atoms with Crippen molar-refractivity contribution in [2.75, 3.05) is 67.6 Å². The number of amides is 5. The molecule has 0 radical (unpaired) electrons. The van der Waals surface area contributed by atoms with Gasteiger partial charge in [-0.2, -0.15) is 0 Å². The van der Waals surface area contributed by atoms with Crippen molar-refractivity contribution >= 4 is 46.9 Å². The molecule has 2 aromatic heterocycles. The SMILES string of the molecule is COC(=O)N1CCN(Cc2cccc(NC(=O)Nc3ccnc(C)c3)c2F)C[C@H]1C.Cc1cc(NC(=O)Nc2cccc(CN(CCN)C[C@@H](C)C(=O)OCc3ccccc3)c2F)ccn1. The number of methoxy groups -OCH3 is 1. The highest BCUT2D eigenvalue weighted by atomic mass is 19.1. The number of pyridine rings is 2. The molecule has 3 aromatic carbocycles. The third kappa shape index (κ3) is 15.3. The molecule has 350 valence electrons. The zero-order chi connectivity index (χ0) is 47.6. The normalized spacial score (nSPS) is 14.0. The lowest BCUT2D eigenvalue weighted by atomic mass is 10.1. The summed E-state index contributed by atoms with van der Waals surface area (Å²) in [5.74, 6) is -1.78. The highest BCUT2D eigenvalue weighted by molar-refractivity contribution is 6.00. The van der Waals surface area contributed by atoms with Gasteiger partial charge in [0.25, 0.3) is 0 Å². The van der Waals surface area contributed by atoms with E-state index in [0.29, 0.717) is 68.3 Å². The fourth-order valence-corrected chi connectivity index (χ4v) is 7.21. The quantitative estimate of drug-likeness (QED) is 0.0644. The lowest BCUT2D eigenvalue weighted by Gasteiger charge is -2.39. The minimum atomic E-state index is -0.565. The van der Waals surface area contributed by atoms with Gasteiger partial charge in [-0.05, 0) is 62.7 Å². The van der Waals surface area contributed by atoms with Crippen LogP contribution in [0.25, 0.3) is 0 Å². The fraction of sp³-hybridized carbons (Fsp3) is 0.333. The molecule has 0 spiro atoms. The van der Waals surface area contributed by atoms with Crippen LogP contribution in [0.1, 0.15) is 41.9 Å². The van der Waals surface area contributed by atoms with Gasteiger partial charge in [-0.3, -0.25) is 24.6 Å². The highest BCUT2D eigenvalue weighted by Gasteiger charge is 2.29. The van der Waals surface area contributed by atoms with Crippen LogP contribution in [-0.2, 0) is 34.0 Å². The number of rotatable bonds is 15. The molecule has 1 saturated heterocycles. The van der Waals surface area contributed by atoms with Crippen molar-refractivity contribution in [1.29, 1.82) is 0 Å². The molecule has 5 aromatic rings. The van der Waals surface area contributed by atoms with Crippen LogP contribution >= 0.6 is 0 Å². The molecule has 2 atom stereocenters. The van der Waals surface area contributed by atoms with E-state index in [2.05, 4.69) is 36.1 Å². The first-order valence-corrected chi connectivity index (χ1v) is 21.5. The molecule has 0 saturated carbocycles. The van der Waals surface area contributed by atoms with E-state index in [1.165, 1.54) is 19.2 Å². The summed E-state index contributed by atoms with van der Waals surface area (Å²) in [5, 5.41) is 10.4. The number of hydrogen-bond donors (Lipinski definition) is 5. The van der Waals surface area contributed by atoms with Gasteiger partial charge < -0.3 is 41.4 Å². The second kappa shape index (κ2) is 24.9. The Bertz CT molecular complexity index is 2410. The van der Waals surface area contributed by atoms with E-state index in [4.69, 9.17) is 15.2 Å². The van der Waals surface area contributed by atoms with Gasteiger partial charge in [0, 0.05) is 105 Å². The number of carbonyl (C=O) groups excluding carboxylic acids is 4. The van der Waals surface area contributed by atoms with Gasteiger partial charge in [0.1, 0.15) is 6.61 Å². The molecule has 0 bridgehead atoms. The van der Waals surface area contributed by atoms with Crippen LogP contribution in [0.5, 0.6) is 0 Å². The molecular weight excluding hydrogens is 851 g/mol. The largest absolute Gasteiger partial charge is 0.461 e. The Morgan fingerprint density at radius 2 is 1.38 bits per heavy atom. The van der Waals surface area contributed by atoms with E-state index in [9.17, 15) is 23.6 Å². The van der Waals surface area contributed by atoms with Gasteiger partial charge in [0.15, 0.2) is 11.6 Å². The summed E-state index contributed by atoms with van der Waals surface area (Å²) in [6.07, 6.45) is 2.82. The topological polar surface area (TPSA) is 196 Å². The first-order valence-electron chi connectivity index (χ1n) is 21.5. The number of halogens is 2. The summed E-state index contributed by atoms with van der Waals surface area (Å²) < 4.78 is 40.4. The summed E-state index contributed by atoms with van der Waals surface area (Å²) in [6, 6.07) is 24.8. The van der Waals surface area contributed by atoms with Crippen molar-refractivity contribution in [2.24, 2.45) is 11.7 Å². The second-order valence-corrected chi connectivity index (χ2v) is 15.9. The van der Waals surface area contributed by atoms with Crippen LogP contribution in [0, 0.1) is 31.4 Å². The molecule has 18 heteroatoms. The molecule has 0 unspecified atom stereocenters. The van der Waals surface area contributed by atoms with Crippen LogP contribution in [0.2, 0.25) is 0 Å². The van der Waals surface area contributed by atoms with Gasteiger partial charge in [-0.25, -0.2) is 23.2 Å². The predicted molar refractivity (Wildman–Crippen MR) is 250 cm³/mol. The van der Waals surface area contributed by atoms with Gasteiger partial charge in [0.2, 0.25) is 0 Å². The first-order chi connectivity index (χ1) is 31.7. The molecule has 1 aliphatic rings. The monoisotopic (exact) mass is 908 g/mol. The number of anilines is 4. The fourth-order valence-electron chi connectivity index (χ4n) is 7.21. The summed E-state index contributed by atoms with van der Waals surface area (Å²) >= 11 is 0. The number of hydrogen-bond acceptors (Lipinski definition) is 11. The van der Waals surface area contributed by atoms with Crippen LogP contribution < -0.4 is 27.0 Å². The number of urea groups is 2. The number of carbonyl (C=O) groups is 4. The van der Waals surface area contributed by atoms with Gasteiger partial charge in [-0.15, -0.1) is 0 Å². The smallest absolute Gasteiger partial charge is 0.409 e. The summed E-state index contributed by atoms with van der Waals surface area (Å²) in [6.45, 7) is 11.0. The number of piperazine rings is 1. The number of esters is 1. The van der Waals surface area contributed by atoms with E-state index < -0.39 is 29.6 Å². The lowest BCUT2D eigenvalue weighted by molar-refractivity contribution is -0.150. The molecule has 66 heavy (non-hydrogen) atoms.